The SMILES string of the molecule is CC.CC.CNC(=O)c1nnc(NC(=O)CCN2CCCCCC2)cc1Nc1cccc(-c2ncn(C)n2)c1OC. The van der Waals surface area contributed by atoms with E-state index in [1.54, 1.807) is 37.3 Å². The number of nitrogens with one attached hydrogen (secondary N) is 3. The van der Waals surface area contributed by atoms with Crippen molar-refractivity contribution in [3.63, 3.8) is 0 Å². The maximum atomic E-state index is 12.6. The van der Waals surface area contributed by atoms with Gasteiger partial charge < -0.3 is 25.6 Å². The van der Waals surface area contributed by atoms with Gasteiger partial charge in [0.25, 0.3) is 5.91 Å². The summed E-state index contributed by atoms with van der Waals surface area (Å²) in [5, 5.41) is 21.1. The molecule has 0 aliphatic carbocycles. The van der Waals surface area contributed by atoms with Gasteiger partial charge in [-0.2, -0.15) is 5.10 Å². The lowest BCUT2D eigenvalue weighted by Crippen LogP contribution is -2.29. The summed E-state index contributed by atoms with van der Waals surface area (Å²) in [6.45, 7) is 10.8. The Morgan fingerprint density at radius 1 is 1.00 bits per heavy atom. The first-order valence-corrected chi connectivity index (χ1v) is 14.4. The molecule has 2 aromatic heterocycles. The van der Waals surface area contributed by atoms with Crippen LogP contribution in [0.15, 0.2) is 30.6 Å². The van der Waals surface area contributed by atoms with Gasteiger partial charge in [0.1, 0.15) is 6.33 Å². The van der Waals surface area contributed by atoms with Crippen LogP contribution in [0.3, 0.4) is 0 Å². The molecule has 1 aliphatic rings. The van der Waals surface area contributed by atoms with E-state index in [2.05, 4.69) is 41.1 Å². The summed E-state index contributed by atoms with van der Waals surface area (Å²) in [6, 6.07) is 7.07. The maximum absolute atomic E-state index is 12.6. The quantitative estimate of drug-likeness (QED) is 0.337. The van der Waals surface area contributed by atoms with Gasteiger partial charge in [0.05, 0.1) is 24.0 Å². The van der Waals surface area contributed by atoms with E-state index < -0.39 is 5.91 Å². The highest BCUT2D eigenvalue weighted by Gasteiger charge is 2.20. The fourth-order valence-corrected chi connectivity index (χ4v) is 4.30. The zero-order valence-electron chi connectivity index (χ0n) is 25.5. The molecular weight excluding hydrogens is 522 g/mol. The number of hydrogen-bond donors (Lipinski definition) is 3. The third kappa shape index (κ3) is 9.52. The lowest BCUT2D eigenvalue weighted by molar-refractivity contribution is -0.116. The second-order valence-corrected chi connectivity index (χ2v) is 8.88. The van der Waals surface area contributed by atoms with Gasteiger partial charge in [0.15, 0.2) is 23.1 Å². The molecule has 12 heteroatoms. The molecule has 224 valence electrons. The van der Waals surface area contributed by atoms with E-state index in [-0.39, 0.29) is 17.4 Å². The van der Waals surface area contributed by atoms with E-state index >= 15 is 0 Å². The first-order chi connectivity index (χ1) is 20.0. The third-order valence-electron chi connectivity index (χ3n) is 6.19. The number of para-hydroxylation sites is 1. The van der Waals surface area contributed by atoms with Crippen LogP contribution in [0.2, 0.25) is 0 Å². The summed E-state index contributed by atoms with van der Waals surface area (Å²) in [6.07, 6.45) is 6.80. The number of carbonyl (C=O) groups excluding carboxylic acids is 2. The van der Waals surface area contributed by atoms with Gasteiger partial charge in [-0.05, 0) is 38.1 Å². The van der Waals surface area contributed by atoms with E-state index in [9.17, 15) is 9.59 Å². The predicted molar refractivity (Wildman–Crippen MR) is 163 cm³/mol. The number of methoxy groups -OCH3 is 1. The highest BCUT2D eigenvalue weighted by atomic mass is 16.5. The number of nitrogens with zero attached hydrogens (tertiary/aromatic N) is 6. The van der Waals surface area contributed by atoms with Gasteiger partial charge in [-0.3, -0.25) is 14.3 Å². The summed E-state index contributed by atoms with van der Waals surface area (Å²) >= 11 is 0. The number of hydrogen-bond acceptors (Lipinski definition) is 9. The van der Waals surface area contributed by atoms with Crippen LogP contribution >= 0.6 is 0 Å². The van der Waals surface area contributed by atoms with Crippen LogP contribution in [0, 0.1) is 0 Å². The second-order valence-electron chi connectivity index (χ2n) is 8.88. The average Bonchev–Trinajstić information content (AvgIpc) is 3.27. The molecule has 4 rings (SSSR count). The highest BCUT2D eigenvalue weighted by molar-refractivity contribution is 5.99. The van der Waals surface area contributed by atoms with Crippen molar-refractivity contribution in [1.82, 2.24) is 35.2 Å². The summed E-state index contributed by atoms with van der Waals surface area (Å²) in [5.41, 5.74) is 1.69. The molecule has 1 aliphatic heterocycles. The minimum absolute atomic E-state index is 0.0773. The Hall–Kier alpha value is -4.06. The van der Waals surface area contributed by atoms with Crippen molar-refractivity contribution in [2.75, 3.05) is 44.4 Å². The zero-order valence-corrected chi connectivity index (χ0v) is 25.5. The fraction of sp³-hybridized carbons (Fsp3) is 0.517. The molecule has 0 saturated carbocycles. The average molecular weight is 568 g/mol. The van der Waals surface area contributed by atoms with E-state index in [1.807, 2.05) is 39.8 Å². The zero-order chi connectivity index (χ0) is 30.2. The smallest absolute Gasteiger partial charge is 0.273 e. The Balaban J connectivity index is 0.00000141. The lowest BCUT2D eigenvalue weighted by Gasteiger charge is -2.19. The Labute approximate surface area is 243 Å². The number of benzene rings is 1. The van der Waals surface area contributed by atoms with Crippen molar-refractivity contribution in [3.8, 4) is 17.1 Å². The minimum atomic E-state index is -0.421. The van der Waals surface area contributed by atoms with E-state index in [1.165, 1.54) is 32.7 Å². The molecule has 2 amide bonds. The van der Waals surface area contributed by atoms with Crippen molar-refractivity contribution in [1.29, 1.82) is 0 Å². The Morgan fingerprint density at radius 3 is 2.32 bits per heavy atom. The van der Waals surface area contributed by atoms with Crippen molar-refractivity contribution < 1.29 is 14.3 Å². The molecule has 0 bridgehead atoms. The van der Waals surface area contributed by atoms with Crippen molar-refractivity contribution in [2.24, 2.45) is 7.05 Å². The summed E-state index contributed by atoms with van der Waals surface area (Å²) in [5.74, 6) is 0.669. The molecule has 41 heavy (non-hydrogen) atoms. The number of rotatable bonds is 9. The Kier molecular flexibility index (Phi) is 14.2. The second kappa shape index (κ2) is 17.6. The number of aromatic nitrogens is 5. The molecule has 3 N–H and O–H groups in total. The fourth-order valence-electron chi connectivity index (χ4n) is 4.30. The molecule has 0 unspecified atom stereocenters. The number of carbonyl (C=O) groups is 2. The number of aryl methyl sites for hydroxylation is 1. The van der Waals surface area contributed by atoms with Gasteiger partial charge in [-0.25, -0.2) is 4.98 Å². The number of amides is 2. The highest BCUT2D eigenvalue weighted by Crippen LogP contribution is 2.37. The number of likely N-dealkylation sites (tertiary alicyclic amines) is 1. The maximum Gasteiger partial charge on any atom is 0.273 e. The topological polar surface area (TPSA) is 139 Å². The predicted octanol–water partition coefficient (Wildman–Crippen LogP) is 4.64. The lowest BCUT2D eigenvalue weighted by atomic mass is 10.1. The van der Waals surface area contributed by atoms with Crippen molar-refractivity contribution in [2.45, 2.75) is 59.8 Å². The molecule has 0 atom stereocenters. The summed E-state index contributed by atoms with van der Waals surface area (Å²) < 4.78 is 7.27. The molecule has 0 spiro atoms. The van der Waals surface area contributed by atoms with Crippen molar-refractivity contribution in [3.05, 3.63) is 36.3 Å². The summed E-state index contributed by atoms with van der Waals surface area (Å²) in [4.78, 5) is 31.8. The standard InChI is InChI=1S/C25H33N9O3.2C2H6/c1-26-25(36)22-19(28-18-10-8-9-17(23(18)37-3)24-27-16-33(2)32-24)15-20(30-31-22)29-21(35)11-14-34-12-6-4-5-7-13-34;2*1-2/h8-10,15-16H,4-7,11-14H2,1-3H3,(H,26,36)(H2,28,29,30,35);2*1-2H3. The van der Waals surface area contributed by atoms with Crippen LogP contribution in [0.5, 0.6) is 5.75 Å². The van der Waals surface area contributed by atoms with Gasteiger partial charge in [-0.15, -0.1) is 10.2 Å². The molecular formula is C29H45N9O3. The first kappa shape index (κ1) is 33.1. The van der Waals surface area contributed by atoms with E-state index in [0.29, 0.717) is 41.5 Å². The molecule has 0 radical (unpaired) electrons. The third-order valence-corrected chi connectivity index (χ3v) is 6.19. The minimum Gasteiger partial charge on any atom is -0.494 e. The normalized spacial score (nSPS) is 13.0. The van der Waals surface area contributed by atoms with Gasteiger partial charge in [0, 0.05) is 33.1 Å². The van der Waals surface area contributed by atoms with E-state index in [4.69, 9.17) is 4.74 Å². The van der Waals surface area contributed by atoms with Crippen LogP contribution in [0.4, 0.5) is 17.2 Å². The Bertz CT molecular complexity index is 1240. The molecule has 12 nitrogen and oxygen atoms in total. The van der Waals surface area contributed by atoms with Gasteiger partial charge >= 0.3 is 0 Å². The van der Waals surface area contributed by atoms with Crippen LogP contribution in [0.25, 0.3) is 11.4 Å². The largest absolute Gasteiger partial charge is 0.494 e. The molecule has 3 heterocycles. The van der Waals surface area contributed by atoms with E-state index in [0.717, 1.165) is 13.1 Å². The monoisotopic (exact) mass is 567 g/mol. The summed E-state index contributed by atoms with van der Waals surface area (Å²) in [7, 11) is 4.85. The van der Waals surface area contributed by atoms with Crippen LogP contribution in [-0.4, -0.2) is 75.5 Å². The van der Waals surface area contributed by atoms with Crippen LogP contribution in [0.1, 0.15) is 70.3 Å². The van der Waals surface area contributed by atoms with Crippen LogP contribution in [-0.2, 0) is 11.8 Å². The molecule has 1 aromatic carbocycles. The first-order valence-electron chi connectivity index (χ1n) is 14.4. The molecule has 1 fully saturated rings. The van der Waals surface area contributed by atoms with Crippen LogP contribution < -0.4 is 20.7 Å². The Morgan fingerprint density at radius 2 is 1.71 bits per heavy atom. The van der Waals surface area contributed by atoms with Crippen molar-refractivity contribution >= 4 is 29.0 Å². The number of ether oxygens (including phenoxy) is 1. The molecule has 1 saturated heterocycles. The molecule has 3 aromatic rings. The van der Waals surface area contributed by atoms with Gasteiger partial charge in [0.2, 0.25) is 5.91 Å². The number of anilines is 3. The van der Waals surface area contributed by atoms with Gasteiger partial charge in [-0.1, -0.05) is 46.6 Å².